The molecule has 0 aromatic heterocycles. The molecule has 2 aliphatic rings. The molecular weight excluding hydrogens is 176 g/mol. The minimum absolute atomic E-state index is 0.169. The molecule has 3 heteroatoms. The molecule has 2 saturated carbocycles. The van der Waals surface area contributed by atoms with Crippen LogP contribution >= 0.6 is 0 Å². The van der Waals surface area contributed by atoms with E-state index in [9.17, 15) is 0 Å². The van der Waals surface area contributed by atoms with Crippen LogP contribution in [-0.4, -0.2) is 24.3 Å². The normalized spacial score (nSPS) is 34.0. The molecule has 0 radical (unpaired) electrons. The summed E-state index contributed by atoms with van der Waals surface area (Å²) in [6.45, 7) is 1.19. The Morgan fingerprint density at radius 2 is 2.21 bits per heavy atom. The second kappa shape index (κ2) is 3.88. The third-order valence-corrected chi connectivity index (χ3v) is 3.71. The lowest BCUT2D eigenvalue weighted by Crippen LogP contribution is -2.37. The summed E-state index contributed by atoms with van der Waals surface area (Å²) in [5.74, 6) is 0.199. The third-order valence-electron chi connectivity index (χ3n) is 3.71. The van der Waals surface area contributed by atoms with E-state index in [1.54, 1.807) is 0 Å². The Kier molecular flexibility index (Phi) is 2.76. The first-order chi connectivity index (χ1) is 6.79. The molecule has 2 fully saturated rings. The van der Waals surface area contributed by atoms with Crippen molar-refractivity contribution >= 4 is 0 Å². The molecule has 0 amide bonds. The van der Waals surface area contributed by atoms with Crippen molar-refractivity contribution in [1.82, 2.24) is 5.32 Å². The van der Waals surface area contributed by atoms with Crippen molar-refractivity contribution in [2.45, 2.75) is 38.1 Å². The molecule has 78 valence electrons. The first-order valence-corrected chi connectivity index (χ1v) is 5.53. The molecular formula is C11H18N2O. The van der Waals surface area contributed by atoms with Gasteiger partial charge in [-0.15, -0.1) is 0 Å². The summed E-state index contributed by atoms with van der Waals surface area (Å²) < 4.78 is 0. The second-order valence-corrected chi connectivity index (χ2v) is 4.81. The van der Waals surface area contributed by atoms with Crippen molar-refractivity contribution in [1.29, 1.82) is 5.26 Å². The number of hydrogen-bond acceptors (Lipinski definition) is 3. The second-order valence-electron chi connectivity index (χ2n) is 4.81. The minimum Gasteiger partial charge on any atom is -0.396 e. The lowest BCUT2D eigenvalue weighted by molar-refractivity contribution is 0.202. The highest BCUT2D eigenvalue weighted by molar-refractivity contribution is 5.00. The quantitative estimate of drug-likeness (QED) is 0.703. The van der Waals surface area contributed by atoms with Crippen LogP contribution in [0.1, 0.15) is 32.1 Å². The highest BCUT2D eigenvalue weighted by Crippen LogP contribution is 2.44. The maximum absolute atomic E-state index is 9.15. The van der Waals surface area contributed by atoms with Gasteiger partial charge in [0.15, 0.2) is 0 Å². The number of aliphatic hydroxyl groups excluding tert-OH is 1. The monoisotopic (exact) mass is 194 g/mol. The van der Waals surface area contributed by atoms with E-state index in [4.69, 9.17) is 10.4 Å². The average molecular weight is 194 g/mol. The van der Waals surface area contributed by atoms with E-state index in [0.29, 0.717) is 12.6 Å². The largest absolute Gasteiger partial charge is 0.396 e. The van der Waals surface area contributed by atoms with E-state index in [2.05, 4.69) is 11.4 Å². The highest BCUT2D eigenvalue weighted by Gasteiger charge is 2.42. The van der Waals surface area contributed by atoms with Gasteiger partial charge < -0.3 is 10.4 Å². The molecule has 2 unspecified atom stereocenters. The number of nitrogens with zero attached hydrogens (tertiary/aromatic N) is 1. The van der Waals surface area contributed by atoms with E-state index in [-0.39, 0.29) is 11.3 Å². The van der Waals surface area contributed by atoms with E-state index in [1.165, 1.54) is 6.42 Å². The summed E-state index contributed by atoms with van der Waals surface area (Å²) >= 11 is 0. The van der Waals surface area contributed by atoms with Crippen molar-refractivity contribution in [2.75, 3.05) is 13.2 Å². The topological polar surface area (TPSA) is 56.0 Å². The zero-order valence-electron chi connectivity index (χ0n) is 8.50. The van der Waals surface area contributed by atoms with Crippen molar-refractivity contribution in [2.24, 2.45) is 11.3 Å². The van der Waals surface area contributed by atoms with Crippen LogP contribution in [0.2, 0.25) is 0 Å². The van der Waals surface area contributed by atoms with Gasteiger partial charge in [0.2, 0.25) is 0 Å². The summed E-state index contributed by atoms with van der Waals surface area (Å²) in [6.07, 6.45) is 5.61. The molecule has 0 bridgehead atoms. The lowest BCUT2D eigenvalue weighted by Gasteiger charge is -2.19. The zero-order valence-corrected chi connectivity index (χ0v) is 8.50. The zero-order chi connectivity index (χ0) is 10.0. The van der Waals surface area contributed by atoms with Gasteiger partial charge in [-0.2, -0.15) is 5.26 Å². The summed E-state index contributed by atoms with van der Waals surface area (Å²) in [5.41, 5.74) is 0.169. The Bertz CT molecular complexity index is 242. The van der Waals surface area contributed by atoms with Crippen molar-refractivity contribution < 1.29 is 5.11 Å². The molecule has 0 spiro atoms. The van der Waals surface area contributed by atoms with Crippen molar-refractivity contribution in [3.8, 4) is 6.07 Å². The molecule has 2 aliphatic carbocycles. The number of nitrogens with one attached hydrogen (secondary N) is 1. The van der Waals surface area contributed by atoms with Gasteiger partial charge in [-0.3, -0.25) is 0 Å². The predicted octanol–water partition coefficient (Wildman–Crippen LogP) is 1.04. The van der Waals surface area contributed by atoms with Crippen LogP contribution in [0.25, 0.3) is 0 Å². The van der Waals surface area contributed by atoms with E-state index in [0.717, 1.165) is 32.2 Å². The molecule has 0 aromatic rings. The summed E-state index contributed by atoms with van der Waals surface area (Å²) in [4.78, 5) is 0. The number of aliphatic hydroxyl groups is 1. The fraction of sp³-hybridized carbons (Fsp3) is 0.909. The Balaban J connectivity index is 1.78. The Morgan fingerprint density at radius 1 is 1.43 bits per heavy atom. The maximum Gasteiger partial charge on any atom is 0.0672 e. The molecule has 2 atom stereocenters. The van der Waals surface area contributed by atoms with Gasteiger partial charge in [-0.05, 0) is 25.7 Å². The molecule has 0 aliphatic heterocycles. The fourth-order valence-corrected chi connectivity index (χ4v) is 2.27. The third kappa shape index (κ3) is 1.92. The van der Waals surface area contributed by atoms with E-state index in [1.807, 2.05) is 0 Å². The smallest absolute Gasteiger partial charge is 0.0672 e. The van der Waals surface area contributed by atoms with Crippen molar-refractivity contribution in [3.05, 3.63) is 0 Å². The van der Waals surface area contributed by atoms with Crippen LogP contribution in [0.3, 0.4) is 0 Å². The van der Waals surface area contributed by atoms with Gasteiger partial charge >= 0.3 is 0 Å². The van der Waals surface area contributed by atoms with Crippen LogP contribution in [-0.2, 0) is 0 Å². The summed E-state index contributed by atoms with van der Waals surface area (Å²) in [5, 5.41) is 21.5. The van der Waals surface area contributed by atoms with Crippen molar-refractivity contribution in [3.63, 3.8) is 0 Å². The first-order valence-electron chi connectivity index (χ1n) is 5.53. The van der Waals surface area contributed by atoms with Crippen LogP contribution in [0.4, 0.5) is 0 Å². The Labute approximate surface area is 85.1 Å². The molecule has 14 heavy (non-hydrogen) atoms. The van der Waals surface area contributed by atoms with E-state index >= 15 is 0 Å². The number of rotatable bonds is 4. The van der Waals surface area contributed by atoms with Crippen LogP contribution in [0.15, 0.2) is 0 Å². The van der Waals surface area contributed by atoms with Crippen LogP contribution in [0.5, 0.6) is 0 Å². The molecule has 0 heterocycles. The number of nitriles is 1. The Morgan fingerprint density at radius 3 is 2.79 bits per heavy atom. The number of hydrogen-bond donors (Lipinski definition) is 2. The van der Waals surface area contributed by atoms with Gasteiger partial charge in [0.05, 0.1) is 12.0 Å². The molecule has 0 saturated heterocycles. The van der Waals surface area contributed by atoms with Gasteiger partial charge in [0.25, 0.3) is 0 Å². The van der Waals surface area contributed by atoms with Gasteiger partial charge in [0.1, 0.15) is 0 Å². The van der Waals surface area contributed by atoms with Gasteiger partial charge in [-0.1, -0.05) is 6.42 Å². The lowest BCUT2D eigenvalue weighted by atomic mass is 10.0. The first kappa shape index (κ1) is 9.95. The van der Waals surface area contributed by atoms with Gasteiger partial charge in [0, 0.05) is 24.6 Å². The van der Waals surface area contributed by atoms with Crippen LogP contribution in [0, 0.1) is 22.7 Å². The maximum atomic E-state index is 9.15. The molecule has 0 aromatic carbocycles. The van der Waals surface area contributed by atoms with Gasteiger partial charge in [-0.25, -0.2) is 0 Å². The minimum atomic E-state index is 0.169. The fourth-order valence-electron chi connectivity index (χ4n) is 2.27. The predicted molar refractivity (Wildman–Crippen MR) is 53.5 cm³/mol. The molecule has 3 nitrogen and oxygen atoms in total. The average Bonchev–Trinajstić information content (AvgIpc) is 2.86. The summed E-state index contributed by atoms with van der Waals surface area (Å²) in [6, 6.07) is 2.74. The molecule has 2 N–H and O–H groups in total. The standard InChI is InChI=1S/C11H18N2O/c12-6-9-2-1-3-10(9)13-7-11(8-14)4-5-11/h9-10,13-14H,1-5,7-8H2. The van der Waals surface area contributed by atoms with E-state index < -0.39 is 0 Å². The SMILES string of the molecule is N#CC1CCCC1NCC1(CO)CC1. The Hall–Kier alpha value is -0.590. The van der Waals surface area contributed by atoms with Crippen LogP contribution < -0.4 is 5.32 Å². The molecule has 2 rings (SSSR count). The highest BCUT2D eigenvalue weighted by atomic mass is 16.3. The summed E-state index contributed by atoms with van der Waals surface area (Å²) in [7, 11) is 0.